The molecule has 122 valence electrons. The van der Waals surface area contributed by atoms with E-state index in [0.29, 0.717) is 6.54 Å². The largest absolute Gasteiger partial charge is 0.347 e. The molecule has 1 atom stereocenters. The summed E-state index contributed by atoms with van der Waals surface area (Å²) in [6, 6.07) is 1.66. The Kier molecular flexibility index (Phi) is 4.27. The van der Waals surface area contributed by atoms with Gasteiger partial charge in [-0.05, 0) is 25.8 Å². The van der Waals surface area contributed by atoms with E-state index in [0.717, 1.165) is 30.9 Å². The van der Waals surface area contributed by atoms with Gasteiger partial charge >= 0.3 is 5.69 Å². The van der Waals surface area contributed by atoms with Crippen LogP contribution in [0.3, 0.4) is 0 Å². The average Bonchev–Trinajstić information content (AvgIpc) is 2.88. The molecule has 0 radical (unpaired) electrons. The van der Waals surface area contributed by atoms with Crippen LogP contribution < -0.4 is 5.69 Å². The minimum Gasteiger partial charge on any atom is -0.340 e. The molecule has 2 aromatic rings. The van der Waals surface area contributed by atoms with Crippen molar-refractivity contribution in [1.29, 1.82) is 0 Å². The highest BCUT2D eigenvalue weighted by molar-refractivity contribution is 5.76. The first-order valence-corrected chi connectivity index (χ1v) is 7.83. The standard InChI is InChI=1S/C16H21N5O2/c1-12-9-19(2)15(18-12)13-5-3-7-20(10-13)14(22)11-21-8-4-6-17-16(21)23/h4,6,8-9,13H,3,5,7,10-11H2,1-2H3. The number of carbonyl (C=O) groups excluding carboxylic acids is 1. The van der Waals surface area contributed by atoms with Crippen LogP contribution in [0, 0.1) is 6.92 Å². The Bertz CT molecular complexity index is 764. The summed E-state index contributed by atoms with van der Waals surface area (Å²) >= 11 is 0. The highest BCUT2D eigenvalue weighted by Gasteiger charge is 2.27. The maximum absolute atomic E-state index is 12.5. The van der Waals surface area contributed by atoms with Crippen molar-refractivity contribution in [3.05, 3.63) is 46.7 Å². The van der Waals surface area contributed by atoms with Gasteiger partial charge in [-0.25, -0.2) is 14.8 Å². The summed E-state index contributed by atoms with van der Waals surface area (Å²) in [5.74, 6) is 1.23. The van der Waals surface area contributed by atoms with Crippen molar-refractivity contribution < 1.29 is 4.79 Å². The van der Waals surface area contributed by atoms with Gasteiger partial charge in [0, 0.05) is 44.6 Å². The van der Waals surface area contributed by atoms with Crippen LogP contribution in [0.25, 0.3) is 0 Å². The molecule has 0 saturated carbocycles. The average molecular weight is 315 g/mol. The summed E-state index contributed by atoms with van der Waals surface area (Å²) in [7, 11) is 1.99. The molecule has 3 rings (SSSR count). The first-order chi connectivity index (χ1) is 11.0. The molecule has 2 aromatic heterocycles. The summed E-state index contributed by atoms with van der Waals surface area (Å²) in [4.78, 5) is 34.2. The second-order valence-electron chi connectivity index (χ2n) is 6.06. The van der Waals surface area contributed by atoms with Crippen LogP contribution in [0.5, 0.6) is 0 Å². The topological polar surface area (TPSA) is 73.0 Å². The van der Waals surface area contributed by atoms with Crippen molar-refractivity contribution in [1.82, 2.24) is 24.0 Å². The Morgan fingerprint density at radius 2 is 2.26 bits per heavy atom. The number of nitrogens with zero attached hydrogens (tertiary/aromatic N) is 5. The maximum Gasteiger partial charge on any atom is 0.347 e. The van der Waals surface area contributed by atoms with Crippen molar-refractivity contribution in [3.8, 4) is 0 Å². The highest BCUT2D eigenvalue weighted by Crippen LogP contribution is 2.26. The number of piperidine rings is 1. The van der Waals surface area contributed by atoms with Gasteiger partial charge in [0.2, 0.25) is 5.91 Å². The SMILES string of the molecule is Cc1cn(C)c(C2CCCN(C(=O)Cn3cccnc3=O)C2)n1. The van der Waals surface area contributed by atoms with E-state index in [-0.39, 0.29) is 18.4 Å². The number of hydrogen-bond acceptors (Lipinski definition) is 4. The maximum atomic E-state index is 12.5. The summed E-state index contributed by atoms with van der Waals surface area (Å²) in [5, 5.41) is 0. The van der Waals surface area contributed by atoms with Gasteiger partial charge in [0.05, 0.1) is 5.69 Å². The third-order valence-corrected chi connectivity index (χ3v) is 4.26. The van der Waals surface area contributed by atoms with E-state index in [1.165, 1.54) is 10.8 Å². The van der Waals surface area contributed by atoms with Gasteiger partial charge in [-0.1, -0.05) is 0 Å². The molecule has 1 fully saturated rings. The smallest absolute Gasteiger partial charge is 0.340 e. The van der Waals surface area contributed by atoms with Crippen LogP contribution in [0.2, 0.25) is 0 Å². The van der Waals surface area contributed by atoms with Gasteiger partial charge in [0.1, 0.15) is 12.4 Å². The molecule has 23 heavy (non-hydrogen) atoms. The second kappa shape index (κ2) is 6.36. The van der Waals surface area contributed by atoms with Crippen molar-refractivity contribution in [3.63, 3.8) is 0 Å². The molecule has 0 spiro atoms. The van der Waals surface area contributed by atoms with Crippen LogP contribution in [0.15, 0.2) is 29.5 Å². The lowest BCUT2D eigenvalue weighted by Gasteiger charge is -2.32. The first kappa shape index (κ1) is 15.5. The lowest BCUT2D eigenvalue weighted by molar-refractivity contribution is -0.133. The first-order valence-electron chi connectivity index (χ1n) is 7.83. The highest BCUT2D eigenvalue weighted by atomic mass is 16.2. The van der Waals surface area contributed by atoms with Crippen LogP contribution in [0.4, 0.5) is 0 Å². The molecule has 7 heteroatoms. The molecule has 1 aliphatic rings. The van der Waals surface area contributed by atoms with Gasteiger partial charge in [0.15, 0.2) is 0 Å². The Morgan fingerprint density at radius 1 is 1.43 bits per heavy atom. The van der Waals surface area contributed by atoms with E-state index in [9.17, 15) is 9.59 Å². The second-order valence-corrected chi connectivity index (χ2v) is 6.06. The van der Waals surface area contributed by atoms with Crippen LogP contribution >= 0.6 is 0 Å². The lowest BCUT2D eigenvalue weighted by atomic mass is 9.97. The molecular formula is C16H21N5O2. The van der Waals surface area contributed by atoms with Crippen molar-refractivity contribution in [2.75, 3.05) is 13.1 Å². The lowest BCUT2D eigenvalue weighted by Crippen LogP contribution is -2.42. The molecule has 1 saturated heterocycles. The predicted molar refractivity (Wildman–Crippen MR) is 85.0 cm³/mol. The predicted octanol–water partition coefficient (Wildman–Crippen LogP) is 0.691. The van der Waals surface area contributed by atoms with Gasteiger partial charge in [-0.15, -0.1) is 0 Å². The number of hydrogen-bond donors (Lipinski definition) is 0. The minimum absolute atomic E-state index is 0.0407. The van der Waals surface area contributed by atoms with Crippen molar-refractivity contribution >= 4 is 5.91 Å². The third kappa shape index (κ3) is 3.33. The van der Waals surface area contributed by atoms with Crippen LogP contribution in [-0.2, 0) is 18.4 Å². The normalized spacial score (nSPS) is 18.2. The number of likely N-dealkylation sites (tertiary alicyclic amines) is 1. The van der Waals surface area contributed by atoms with Crippen LogP contribution in [-0.4, -0.2) is 43.0 Å². The molecule has 1 aliphatic heterocycles. The fraction of sp³-hybridized carbons (Fsp3) is 0.500. The molecule has 0 aromatic carbocycles. The monoisotopic (exact) mass is 315 g/mol. The van der Waals surface area contributed by atoms with E-state index in [4.69, 9.17) is 0 Å². The number of imidazole rings is 1. The van der Waals surface area contributed by atoms with E-state index in [2.05, 4.69) is 9.97 Å². The van der Waals surface area contributed by atoms with Crippen molar-refractivity contribution in [2.45, 2.75) is 32.2 Å². The molecular weight excluding hydrogens is 294 g/mol. The van der Waals surface area contributed by atoms with Gasteiger partial charge < -0.3 is 9.47 Å². The number of rotatable bonds is 3. The zero-order chi connectivity index (χ0) is 16.4. The number of aryl methyl sites for hydroxylation is 2. The number of carbonyl (C=O) groups is 1. The molecule has 1 amide bonds. The zero-order valence-electron chi connectivity index (χ0n) is 13.5. The molecule has 0 bridgehead atoms. The Labute approximate surface area is 134 Å². The number of aromatic nitrogens is 4. The third-order valence-electron chi connectivity index (χ3n) is 4.26. The Morgan fingerprint density at radius 3 is 2.96 bits per heavy atom. The van der Waals surface area contributed by atoms with E-state index < -0.39 is 5.69 Å². The summed E-state index contributed by atoms with van der Waals surface area (Å²) in [6.45, 7) is 3.40. The van der Waals surface area contributed by atoms with Crippen LogP contribution in [0.1, 0.15) is 30.3 Å². The van der Waals surface area contributed by atoms with Gasteiger partial charge in [0.25, 0.3) is 0 Å². The fourth-order valence-corrected chi connectivity index (χ4v) is 3.18. The summed E-state index contributed by atoms with van der Waals surface area (Å²) in [5.41, 5.74) is 0.599. The number of amides is 1. The van der Waals surface area contributed by atoms with E-state index >= 15 is 0 Å². The van der Waals surface area contributed by atoms with E-state index in [1.807, 2.05) is 29.6 Å². The molecule has 1 unspecified atom stereocenters. The summed E-state index contributed by atoms with van der Waals surface area (Å²) in [6.07, 6.45) is 7.01. The molecule has 3 heterocycles. The quantitative estimate of drug-likeness (QED) is 0.835. The minimum atomic E-state index is -0.394. The fourth-order valence-electron chi connectivity index (χ4n) is 3.18. The van der Waals surface area contributed by atoms with Gasteiger partial charge in [-0.2, -0.15) is 0 Å². The summed E-state index contributed by atoms with van der Waals surface area (Å²) < 4.78 is 3.39. The Balaban J connectivity index is 1.71. The zero-order valence-corrected chi connectivity index (χ0v) is 13.5. The van der Waals surface area contributed by atoms with Gasteiger partial charge in [-0.3, -0.25) is 9.36 Å². The molecule has 0 aliphatic carbocycles. The molecule has 7 nitrogen and oxygen atoms in total. The van der Waals surface area contributed by atoms with E-state index in [1.54, 1.807) is 12.3 Å². The van der Waals surface area contributed by atoms with Crippen molar-refractivity contribution in [2.24, 2.45) is 7.05 Å². The Hall–Kier alpha value is -2.44. The molecule has 0 N–H and O–H groups in total.